The van der Waals surface area contributed by atoms with Crippen LogP contribution in [0, 0.1) is 0 Å². The Bertz CT molecular complexity index is 396. The van der Waals surface area contributed by atoms with E-state index < -0.39 is 0 Å². The average molecular weight is 276 g/mol. The molecule has 1 aromatic carbocycles. The van der Waals surface area contributed by atoms with E-state index in [9.17, 15) is 4.79 Å². The van der Waals surface area contributed by atoms with Crippen molar-refractivity contribution in [3.05, 3.63) is 35.4 Å². The van der Waals surface area contributed by atoms with E-state index >= 15 is 0 Å². The summed E-state index contributed by atoms with van der Waals surface area (Å²) in [5.74, 6) is 0.709. The van der Waals surface area contributed by atoms with Crippen LogP contribution >= 0.6 is 0 Å². The predicted octanol–water partition coefficient (Wildman–Crippen LogP) is 2.81. The summed E-state index contributed by atoms with van der Waals surface area (Å²) in [6.07, 6.45) is 2.39. The Morgan fingerprint density at radius 3 is 2.40 bits per heavy atom. The van der Waals surface area contributed by atoms with Gasteiger partial charge in [0.05, 0.1) is 0 Å². The molecule has 0 saturated heterocycles. The van der Waals surface area contributed by atoms with Crippen molar-refractivity contribution in [3.63, 3.8) is 0 Å². The third-order valence-corrected chi connectivity index (χ3v) is 3.39. The van der Waals surface area contributed by atoms with Gasteiger partial charge in [0.25, 0.3) is 0 Å². The van der Waals surface area contributed by atoms with Gasteiger partial charge in [0, 0.05) is 13.0 Å². The first-order valence-corrected chi connectivity index (χ1v) is 7.49. The topological polar surface area (TPSA) is 32.3 Å². The molecule has 1 N–H and O–H groups in total. The maximum atomic E-state index is 11.7. The Labute approximate surface area is 123 Å². The second kappa shape index (κ2) is 8.75. The average Bonchev–Trinajstić information content (AvgIpc) is 2.41. The highest BCUT2D eigenvalue weighted by Crippen LogP contribution is 2.15. The maximum absolute atomic E-state index is 11.7. The van der Waals surface area contributed by atoms with E-state index in [0.29, 0.717) is 12.3 Å². The molecule has 0 aliphatic heterocycles. The van der Waals surface area contributed by atoms with E-state index in [2.05, 4.69) is 48.3 Å². The van der Waals surface area contributed by atoms with E-state index in [4.69, 9.17) is 0 Å². The monoisotopic (exact) mass is 276 g/mol. The molecule has 0 aromatic heterocycles. The van der Waals surface area contributed by atoms with Crippen LogP contribution in [0.4, 0.5) is 0 Å². The lowest BCUT2D eigenvalue weighted by Gasteiger charge is -2.10. The molecule has 0 radical (unpaired) electrons. The van der Waals surface area contributed by atoms with Gasteiger partial charge in [-0.3, -0.25) is 4.79 Å². The van der Waals surface area contributed by atoms with Crippen molar-refractivity contribution in [2.45, 2.75) is 39.0 Å². The number of rotatable bonds is 8. The lowest BCUT2D eigenvalue weighted by atomic mass is 10.0. The second-order valence-corrected chi connectivity index (χ2v) is 5.90. The highest BCUT2D eigenvalue weighted by molar-refractivity contribution is 5.76. The number of carbonyl (C=O) groups excluding carboxylic acids is 1. The fraction of sp³-hybridized carbons (Fsp3) is 0.588. The molecule has 20 heavy (non-hydrogen) atoms. The van der Waals surface area contributed by atoms with Gasteiger partial charge in [-0.05, 0) is 50.5 Å². The Hall–Kier alpha value is -1.35. The number of nitrogens with zero attached hydrogens (tertiary/aromatic N) is 1. The van der Waals surface area contributed by atoms with Gasteiger partial charge in [0.1, 0.15) is 0 Å². The number of benzene rings is 1. The third-order valence-electron chi connectivity index (χ3n) is 3.39. The summed E-state index contributed by atoms with van der Waals surface area (Å²) in [6.45, 7) is 6.16. The van der Waals surface area contributed by atoms with Crippen LogP contribution < -0.4 is 5.32 Å². The van der Waals surface area contributed by atoms with E-state index in [1.807, 2.05) is 14.1 Å². The van der Waals surface area contributed by atoms with Gasteiger partial charge in [0.2, 0.25) is 5.91 Å². The highest BCUT2D eigenvalue weighted by atomic mass is 16.1. The van der Waals surface area contributed by atoms with Gasteiger partial charge >= 0.3 is 0 Å². The molecule has 0 aliphatic carbocycles. The molecule has 0 atom stereocenters. The number of nitrogens with one attached hydrogen (secondary N) is 1. The molecule has 0 unspecified atom stereocenters. The smallest absolute Gasteiger partial charge is 0.220 e. The minimum Gasteiger partial charge on any atom is -0.356 e. The number of aryl methyl sites for hydroxylation is 1. The van der Waals surface area contributed by atoms with Crippen molar-refractivity contribution in [3.8, 4) is 0 Å². The summed E-state index contributed by atoms with van der Waals surface area (Å²) in [4.78, 5) is 13.8. The molecule has 1 amide bonds. The van der Waals surface area contributed by atoms with Gasteiger partial charge in [-0.25, -0.2) is 0 Å². The van der Waals surface area contributed by atoms with Crippen LogP contribution in [0.15, 0.2) is 24.3 Å². The number of hydrogen-bond donors (Lipinski definition) is 1. The fourth-order valence-corrected chi connectivity index (χ4v) is 2.04. The summed E-state index contributed by atoms with van der Waals surface area (Å²) >= 11 is 0. The van der Waals surface area contributed by atoms with Crippen molar-refractivity contribution in [2.75, 3.05) is 27.2 Å². The molecule has 1 aromatic rings. The van der Waals surface area contributed by atoms with E-state index in [1.54, 1.807) is 0 Å². The minimum atomic E-state index is 0.150. The van der Waals surface area contributed by atoms with Gasteiger partial charge in [-0.1, -0.05) is 38.1 Å². The molecule has 0 aliphatic rings. The Balaban J connectivity index is 2.23. The molecule has 0 heterocycles. The van der Waals surface area contributed by atoms with Crippen molar-refractivity contribution in [1.29, 1.82) is 0 Å². The molecule has 3 nitrogen and oxygen atoms in total. The molecule has 1 rings (SSSR count). The summed E-state index contributed by atoms with van der Waals surface area (Å²) < 4.78 is 0. The van der Waals surface area contributed by atoms with Crippen LogP contribution in [0.5, 0.6) is 0 Å². The van der Waals surface area contributed by atoms with Crippen LogP contribution in [0.1, 0.15) is 43.7 Å². The zero-order chi connectivity index (χ0) is 15.0. The summed E-state index contributed by atoms with van der Waals surface area (Å²) in [5, 5.41) is 2.97. The molecule has 112 valence electrons. The van der Waals surface area contributed by atoms with Crippen LogP contribution in [-0.4, -0.2) is 38.0 Å². The number of amides is 1. The lowest BCUT2D eigenvalue weighted by molar-refractivity contribution is -0.121. The quantitative estimate of drug-likeness (QED) is 0.741. The highest BCUT2D eigenvalue weighted by Gasteiger charge is 2.03. The van der Waals surface area contributed by atoms with Crippen molar-refractivity contribution in [1.82, 2.24) is 10.2 Å². The summed E-state index contributed by atoms with van der Waals surface area (Å²) in [5.41, 5.74) is 2.58. The van der Waals surface area contributed by atoms with E-state index in [0.717, 1.165) is 25.9 Å². The standard InChI is InChI=1S/C17H28N2O/c1-14(2)16-9-6-15(7-10-16)8-11-17(20)18-12-5-13-19(3)4/h6-7,9-10,14H,5,8,11-13H2,1-4H3,(H,18,20). The van der Waals surface area contributed by atoms with Crippen molar-refractivity contribution < 1.29 is 4.79 Å². The second-order valence-electron chi connectivity index (χ2n) is 5.90. The van der Waals surface area contributed by atoms with Crippen LogP contribution in [-0.2, 0) is 11.2 Å². The fourth-order valence-electron chi connectivity index (χ4n) is 2.04. The summed E-state index contributed by atoms with van der Waals surface area (Å²) in [6, 6.07) is 8.59. The van der Waals surface area contributed by atoms with E-state index in [-0.39, 0.29) is 5.91 Å². The zero-order valence-corrected chi connectivity index (χ0v) is 13.3. The molecule has 0 saturated carbocycles. The maximum Gasteiger partial charge on any atom is 0.220 e. The largest absolute Gasteiger partial charge is 0.356 e. The molecule has 0 fully saturated rings. The van der Waals surface area contributed by atoms with Gasteiger partial charge < -0.3 is 10.2 Å². The normalized spacial score (nSPS) is 11.1. The van der Waals surface area contributed by atoms with Crippen molar-refractivity contribution in [2.24, 2.45) is 0 Å². The predicted molar refractivity (Wildman–Crippen MR) is 85.0 cm³/mol. The Morgan fingerprint density at radius 2 is 1.85 bits per heavy atom. The first kappa shape index (κ1) is 16.7. The van der Waals surface area contributed by atoms with E-state index in [1.165, 1.54) is 11.1 Å². The molecule has 3 heteroatoms. The first-order chi connectivity index (χ1) is 9.49. The summed E-state index contributed by atoms with van der Waals surface area (Å²) in [7, 11) is 4.09. The molecular formula is C17H28N2O. The van der Waals surface area contributed by atoms with Gasteiger partial charge in [-0.15, -0.1) is 0 Å². The molecular weight excluding hydrogens is 248 g/mol. The van der Waals surface area contributed by atoms with Crippen LogP contribution in [0.3, 0.4) is 0 Å². The SMILES string of the molecule is CC(C)c1ccc(CCC(=O)NCCCN(C)C)cc1. The number of carbonyl (C=O) groups is 1. The Kier molecular flexibility index (Phi) is 7.31. The Morgan fingerprint density at radius 1 is 1.20 bits per heavy atom. The zero-order valence-electron chi connectivity index (χ0n) is 13.3. The van der Waals surface area contributed by atoms with Gasteiger partial charge in [0.15, 0.2) is 0 Å². The van der Waals surface area contributed by atoms with Crippen molar-refractivity contribution >= 4 is 5.91 Å². The number of hydrogen-bond acceptors (Lipinski definition) is 2. The lowest BCUT2D eigenvalue weighted by Crippen LogP contribution is -2.27. The van der Waals surface area contributed by atoms with Crippen LogP contribution in [0.25, 0.3) is 0 Å². The molecule has 0 bridgehead atoms. The minimum absolute atomic E-state index is 0.150. The molecule has 0 spiro atoms. The van der Waals surface area contributed by atoms with Gasteiger partial charge in [-0.2, -0.15) is 0 Å². The first-order valence-electron chi connectivity index (χ1n) is 7.49. The van der Waals surface area contributed by atoms with Crippen LogP contribution in [0.2, 0.25) is 0 Å². The third kappa shape index (κ3) is 6.71.